The first kappa shape index (κ1) is 13.1. The highest BCUT2D eigenvalue weighted by atomic mass is 16.5. The van der Waals surface area contributed by atoms with Crippen molar-refractivity contribution in [3.05, 3.63) is 52.7 Å². The number of aliphatic hydroxyl groups excluding tert-OH is 1. The van der Waals surface area contributed by atoms with Crippen LogP contribution in [-0.4, -0.2) is 10.1 Å². The lowest BCUT2D eigenvalue weighted by Gasteiger charge is -2.13. The van der Waals surface area contributed by atoms with Crippen LogP contribution < -0.4 is 4.74 Å². The first-order valence-corrected chi connectivity index (χ1v) is 5.89. The van der Waals surface area contributed by atoms with Crippen LogP contribution in [0.2, 0.25) is 0 Å². The van der Waals surface area contributed by atoms with Crippen molar-refractivity contribution < 1.29 is 9.84 Å². The van der Waals surface area contributed by atoms with Crippen molar-refractivity contribution in [3.8, 4) is 17.7 Å². The lowest BCUT2D eigenvalue weighted by Crippen LogP contribution is -1.98. The first-order chi connectivity index (χ1) is 9.15. The number of hydrogen-bond acceptors (Lipinski definition) is 4. The maximum absolute atomic E-state index is 9.25. The molecular weight excluding hydrogens is 240 g/mol. The molecule has 2 aromatic rings. The minimum atomic E-state index is -0.127. The van der Waals surface area contributed by atoms with E-state index in [1.807, 2.05) is 13.8 Å². The highest BCUT2D eigenvalue weighted by Crippen LogP contribution is 2.30. The smallest absolute Gasteiger partial charge is 0.224 e. The van der Waals surface area contributed by atoms with E-state index >= 15 is 0 Å². The van der Waals surface area contributed by atoms with Crippen molar-refractivity contribution in [2.75, 3.05) is 0 Å². The summed E-state index contributed by atoms with van der Waals surface area (Å²) in [6.07, 6.45) is 1.61. The SMILES string of the molecule is Cc1cc(C#N)cc(C)c1Oc1ncccc1CO. The van der Waals surface area contributed by atoms with Crippen molar-refractivity contribution in [2.45, 2.75) is 20.5 Å². The zero-order valence-electron chi connectivity index (χ0n) is 10.8. The van der Waals surface area contributed by atoms with Gasteiger partial charge in [0.25, 0.3) is 0 Å². The van der Waals surface area contributed by atoms with Crippen molar-refractivity contribution in [1.29, 1.82) is 5.26 Å². The van der Waals surface area contributed by atoms with Gasteiger partial charge in [-0.15, -0.1) is 0 Å². The van der Waals surface area contributed by atoms with Crippen molar-refractivity contribution in [3.63, 3.8) is 0 Å². The summed E-state index contributed by atoms with van der Waals surface area (Å²) in [7, 11) is 0. The van der Waals surface area contributed by atoms with Gasteiger partial charge in [-0.25, -0.2) is 4.98 Å². The summed E-state index contributed by atoms with van der Waals surface area (Å²) < 4.78 is 5.78. The summed E-state index contributed by atoms with van der Waals surface area (Å²) >= 11 is 0. The lowest BCUT2D eigenvalue weighted by atomic mass is 10.1. The number of aryl methyl sites for hydroxylation is 2. The van der Waals surface area contributed by atoms with Gasteiger partial charge in [0.15, 0.2) is 0 Å². The maximum Gasteiger partial charge on any atom is 0.224 e. The Balaban J connectivity index is 2.42. The van der Waals surface area contributed by atoms with Gasteiger partial charge in [0.1, 0.15) is 5.75 Å². The topological polar surface area (TPSA) is 66.1 Å². The average molecular weight is 254 g/mol. The van der Waals surface area contributed by atoms with E-state index in [4.69, 9.17) is 10.00 Å². The van der Waals surface area contributed by atoms with Gasteiger partial charge in [-0.2, -0.15) is 5.26 Å². The van der Waals surface area contributed by atoms with Crippen LogP contribution in [-0.2, 0) is 6.61 Å². The molecule has 1 aromatic carbocycles. The molecular formula is C15H14N2O2. The molecule has 0 aliphatic heterocycles. The molecule has 0 saturated heterocycles. The molecule has 96 valence electrons. The maximum atomic E-state index is 9.25. The lowest BCUT2D eigenvalue weighted by molar-refractivity contribution is 0.275. The molecule has 0 unspecified atom stereocenters. The van der Waals surface area contributed by atoms with Gasteiger partial charge in [0, 0.05) is 11.8 Å². The van der Waals surface area contributed by atoms with Crippen LogP contribution in [0.3, 0.4) is 0 Å². The fourth-order valence-electron chi connectivity index (χ4n) is 1.91. The number of benzene rings is 1. The zero-order valence-corrected chi connectivity index (χ0v) is 10.8. The molecule has 1 aromatic heterocycles. The number of ether oxygens (including phenoxy) is 1. The number of pyridine rings is 1. The molecule has 1 heterocycles. The van der Waals surface area contributed by atoms with Gasteiger partial charge in [0.05, 0.1) is 18.2 Å². The summed E-state index contributed by atoms with van der Waals surface area (Å²) in [5.74, 6) is 1.06. The normalized spacial score (nSPS) is 10.0. The molecule has 19 heavy (non-hydrogen) atoms. The molecule has 0 aliphatic carbocycles. The first-order valence-electron chi connectivity index (χ1n) is 5.89. The molecule has 0 amide bonds. The monoisotopic (exact) mass is 254 g/mol. The van der Waals surface area contributed by atoms with Gasteiger partial charge in [-0.1, -0.05) is 0 Å². The number of nitrogens with zero attached hydrogens (tertiary/aromatic N) is 2. The van der Waals surface area contributed by atoms with Crippen molar-refractivity contribution in [1.82, 2.24) is 4.98 Å². The third kappa shape index (κ3) is 2.72. The molecule has 0 fully saturated rings. The predicted molar refractivity (Wildman–Crippen MR) is 70.9 cm³/mol. The van der Waals surface area contributed by atoms with Crippen LogP contribution in [0.15, 0.2) is 30.5 Å². The minimum absolute atomic E-state index is 0.127. The van der Waals surface area contributed by atoms with Gasteiger partial charge in [0.2, 0.25) is 5.88 Å². The Morgan fingerprint density at radius 3 is 2.58 bits per heavy atom. The van der Waals surface area contributed by atoms with E-state index in [-0.39, 0.29) is 6.61 Å². The molecule has 2 rings (SSSR count). The van der Waals surface area contributed by atoms with Gasteiger partial charge in [-0.05, 0) is 49.2 Å². The van der Waals surface area contributed by atoms with Crippen LogP contribution in [0.5, 0.6) is 11.6 Å². The fourth-order valence-corrected chi connectivity index (χ4v) is 1.91. The molecule has 0 aliphatic rings. The second-order valence-electron chi connectivity index (χ2n) is 4.28. The van der Waals surface area contributed by atoms with E-state index in [0.717, 1.165) is 11.1 Å². The van der Waals surface area contributed by atoms with E-state index in [0.29, 0.717) is 22.8 Å². The molecule has 0 atom stereocenters. The third-order valence-corrected chi connectivity index (χ3v) is 2.81. The zero-order chi connectivity index (χ0) is 13.8. The average Bonchev–Trinajstić information content (AvgIpc) is 2.43. The molecule has 4 nitrogen and oxygen atoms in total. The van der Waals surface area contributed by atoms with E-state index in [2.05, 4.69) is 11.1 Å². The predicted octanol–water partition coefficient (Wildman–Crippen LogP) is 2.85. The van der Waals surface area contributed by atoms with Crippen LogP contribution in [0.1, 0.15) is 22.3 Å². The summed E-state index contributed by atoms with van der Waals surface area (Å²) in [6.45, 7) is 3.63. The van der Waals surface area contributed by atoms with E-state index in [1.165, 1.54) is 0 Å². The quantitative estimate of drug-likeness (QED) is 0.914. The second kappa shape index (κ2) is 5.51. The molecule has 0 spiro atoms. The Kier molecular flexibility index (Phi) is 3.79. The van der Waals surface area contributed by atoms with Crippen LogP contribution in [0.25, 0.3) is 0 Å². The molecule has 0 radical (unpaired) electrons. The van der Waals surface area contributed by atoms with E-state index in [9.17, 15) is 5.11 Å². The Hall–Kier alpha value is -2.38. The Morgan fingerprint density at radius 2 is 2.00 bits per heavy atom. The number of nitriles is 1. The molecule has 1 N–H and O–H groups in total. The highest BCUT2D eigenvalue weighted by Gasteiger charge is 2.11. The summed E-state index contributed by atoms with van der Waals surface area (Å²) in [6, 6.07) is 9.15. The minimum Gasteiger partial charge on any atom is -0.438 e. The number of rotatable bonds is 3. The standard InChI is InChI=1S/C15H14N2O2/c1-10-6-12(8-16)7-11(2)14(10)19-15-13(9-18)4-3-5-17-15/h3-7,18H,9H2,1-2H3. The van der Waals surface area contributed by atoms with Crippen LogP contribution in [0.4, 0.5) is 0 Å². The molecule has 4 heteroatoms. The van der Waals surface area contributed by atoms with E-state index in [1.54, 1.807) is 30.5 Å². The van der Waals surface area contributed by atoms with Gasteiger partial charge < -0.3 is 9.84 Å². The van der Waals surface area contributed by atoms with Crippen molar-refractivity contribution >= 4 is 0 Å². The highest BCUT2D eigenvalue weighted by molar-refractivity contribution is 5.48. The van der Waals surface area contributed by atoms with Crippen LogP contribution in [0, 0.1) is 25.2 Å². The number of aliphatic hydroxyl groups is 1. The fraction of sp³-hybridized carbons (Fsp3) is 0.200. The van der Waals surface area contributed by atoms with E-state index < -0.39 is 0 Å². The Morgan fingerprint density at radius 1 is 1.32 bits per heavy atom. The largest absolute Gasteiger partial charge is 0.438 e. The van der Waals surface area contributed by atoms with Crippen LogP contribution >= 0.6 is 0 Å². The number of aromatic nitrogens is 1. The summed E-state index contributed by atoms with van der Waals surface area (Å²) in [4.78, 5) is 4.12. The molecule has 0 saturated carbocycles. The summed E-state index contributed by atoms with van der Waals surface area (Å²) in [5, 5.41) is 18.2. The van der Waals surface area contributed by atoms with Gasteiger partial charge in [-0.3, -0.25) is 0 Å². The van der Waals surface area contributed by atoms with Gasteiger partial charge >= 0.3 is 0 Å². The van der Waals surface area contributed by atoms with Crippen molar-refractivity contribution in [2.24, 2.45) is 0 Å². The number of hydrogen-bond donors (Lipinski definition) is 1. The molecule has 0 bridgehead atoms. The third-order valence-electron chi connectivity index (χ3n) is 2.81. The Labute approximate surface area is 111 Å². The summed E-state index contributed by atoms with van der Waals surface area (Å²) in [5.41, 5.74) is 2.97. The second-order valence-corrected chi connectivity index (χ2v) is 4.28. The Bertz CT molecular complexity index is 622.